The molecule has 0 radical (unpaired) electrons. The molecule has 5 heteroatoms. The minimum atomic E-state index is 0.497. The van der Waals surface area contributed by atoms with Crippen molar-refractivity contribution in [2.75, 3.05) is 13.2 Å². The van der Waals surface area contributed by atoms with Crippen molar-refractivity contribution in [1.29, 1.82) is 0 Å². The summed E-state index contributed by atoms with van der Waals surface area (Å²) < 4.78 is 5.28. The Labute approximate surface area is 79.4 Å². The van der Waals surface area contributed by atoms with E-state index in [1.165, 1.54) is 11.3 Å². The summed E-state index contributed by atoms with van der Waals surface area (Å²) in [6.45, 7) is 1.000. The highest BCUT2D eigenvalue weighted by Gasteiger charge is 2.00. The van der Waals surface area contributed by atoms with Crippen LogP contribution >= 0.6 is 11.3 Å². The molecule has 0 aliphatic carbocycles. The summed E-state index contributed by atoms with van der Waals surface area (Å²) in [5.74, 6) is 0.613. The molecule has 2 N–H and O–H groups in total. The van der Waals surface area contributed by atoms with Gasteiger partial charge in [0.05, 0.1) is 5.51 Å². The van der Waals surface area contributed by atoms with Crippen molar-refractivity contribution >= 4 is 21.7 Å². The van der Waals surface area contributed by atoms with Crippen LogP contribution in [0.3, 0.4) is 0 Å². The first kappa shape index (κ1) is 8.40. The molecule has 0 spiro atoms. The first-order chi connectivity index (χ1) is 6.40. The molecule has 0 atom stereocenters. The molecule has 0 bridgehead atoms. The van der Waals surface area contributed by atoms with Gasteiger partial charge in [0, 0.05) is 12.6 Å². The third kappa shape index (κ3) is 1.76. The minimum absolute atomic E-state index is 0.497. The van der Waals surface area contributed by atoms with Gasteiger partial charge in [0.1, 0.15) is 17.0 Å². The maximum atomic E-state index is 5.31. The standard InChI is InChI=1S/C8H9N3OS/c9-3-4-12-7-2-1-6-8(11-7)13-5-10-6/h1-2,5H,3-4,9H2. The Morgan fingerprint density at radius 3 is 3.23 bits per heavy atom. The zero-order valence-corrected chi connectivity index (χ0v) is 7.75. The van der Waals surface area contributed by atoms with E-state index in [1.807, 2.05) is 6.07 Å². The minimum Gasteiger partial charge on any atom is -0.476 e. The van der Waals surface area contributed by atoms with Gasteiger partial charge in [-0.05, 0) is 6.07 Å². The maximum absolute atomic E-state index is 5.31. The zero-order valence-electron chi connectivity index (χ0n) is 6.93. The van der Waals surface area contributed by atoms with E-state index in [4.69, 9.17) is 10.5 Å². The van der Waals surface area contributed by atoms with E-state index >= 15 is 0 Å². The summed E-state index contributed by atoms with van der Waals surface area (Å²) in [5, 5.41) is 0. The molecule has 0 fully saturated rings. The normalized spacial score (nSPS) is 10.5. The average Bonchev–Trinajstić information content (AvgIpc) is 2.61. The molecule has 0 amide bonds. The van der Waals surface area contributed by atoms with Crippen molar-refractivity contribution in [2.45, 2.75) is 0 Å². The van der Waals surface area contributed by atoms with Crippen molar-refractivity contribution in [3.05, 3.63) is 17.6 Å². The number of hydrogen-bond donors (Lipinski definition) is 1. The highest BCUT2D eigenvalue weighted by molar-refractivity contribution is 7.16. The lowest BCUT2D eigenvalue weighted by atomic mass is 10.4. The van der Waals surface area contributed by atoms with Crippen molar-refractivity contribution in [1.82, 2.24) is 9.97 Å². The predicted octanol–water partition coefficient (Wildman–Crippen LogP) is 1.03. The van der Waals surface area contributed by atoms with Crippen molar-refractivity contribution < 1.29 is 4.74 Å². The molecule has 2 rings (SSSR count). The molecule has 2 heterocycles. The number of ether oxygens (including phenoxy) is 1. The van der Waals surface area contributed by atoms with Gasteiger partial charge in [-0.2, -0.15) is 0 Å². The molecule has 0 saturated heterocycles. The van der Waals surface area contributed by atoms with E-state index in [1.54, 1.807) is 11.6 Å². The van der Waals surface area contributed by atoms with Crippen LogP contribution < -0.4 is 10.5 Å². The predicted molar refractivity (Wildman–Crippen MR) is 52.0 cm³/mol. The van der Waals surface area contributed by atoms with Gasteiger partial charge in [-0.25, -0.2) is 9.97 Å². The molecule has 2 aromatic heterocycles. The quantitative estimate of drug-likeness (QED) is 0.794. The highest BCUT2D eigenvalue weighted by Crippen LogP contribution is 2.18. The van der Waals surface area contributed by atoms with Crippen LogP contribution in [0.2, 0.25) is 0 Å². The molecule has 2 aromatic rings. The maximum Gasteiger partial charge on any atom is 0.214 e. The number of nitrogens with two attached hydrogens (primary N) is 1. The first-order valence-electron chi connectivity index (χ1n) is 3.93. The highest BCUT2D eigenvalue weighted by atomic mass is 32.1. The second kappa shape index (κ2) is 3.68. The van der Waals surface area contributed by atoms with Gasteiger partial charge in [0.2, 0.25) is 5.88 Å². The van der Waals surface area contributed by atoms with Gasteiger partial charge in [0.15, 0.2) is 0 Å². The van der Waals surface area contributed by atoms with Crippen LogP contribution in [0.5, 0.6) is 5.88 Å². The summed E-state index contributed by atoms with van der Waals surface area (Å²) >= 11 is 1.50. The second-order valence-electron chi connectivity index (χ2n) is 2.46. The number of nitrogens with zero attached hydrogens (tertiary/aromatic N) is 2. The van der Waals surface area contributed by atoms with E-state index in [0.717, 1.165) is 10.3 Å². The van der Waals surface area contributed by atoms with Crippen LogP contribution in [0, 0.1) is 0 Å². The number of rotatable bonds is 3. The monoisotopic (exact) mass is 195 g/mol. The van der Waals surface area contributed by atoms with E-state index < -0.39 is 0 Å². The van der Waals surface area contributed by atoms with E-state index in [2.05, 4.69) is 9.97 Å². The van der Waals surface area contributed by atoms with Crippen LogP contribution in [0.4, 0.5) is 0 Å². The van der Waals surface area contributed by atoms with Crippen molar-refractivity contribution in [2.24, 2.45) is 5.73 Å². The fourth-order valence-corrected chi connectivity index (χ4v) is 1.63. The van der Waals surface area contributed by atoms with Crippen LogP contribution in [-0.4, -0.2) is 23.1 Å². The average molecular weight is 195 g/mol. The Balaban J connectivity index is 2.26. The molecule has 13 heavy (non-hydrogen) atoms. The van der Waals surface area contributed by atoms with Gasteiger partial charge in [-0.15, -0.1) is 11.3 Å². The lowest BCUT2D eigenvalue weighted by Gasteiger charge is -2.01. The molecule has 0 aromatic carbocycles. The molecule has 0 aliphatic rings. The third-order valence-corrected chi connectivity index (χ3v) is 2.27. The van der Waals surface area contributed by atoms with E-state index in [9.17, 15) is 0 Å². The molecule has 4 nitrogen and oxygen atoms in total. The first-order valence-corrected chi connectivity index (χ1v) is 4.81. The molecule has 0 aliphatic heterocycles. The van der Waals surface area contributed by atoms with Crippen molar-refractivity contribution in [3.8, 4) is 5.88 Å². The summed E-state index contributed by atoms with van der Waals surface area (Å²) in [5.41, 5.74) is 7.98. The fourth-order valence-electron chi connectivity index (χ4n) is 0.978. The van der Waals surface area contributed by atoms with E-state index in [0.29, 0.717) is 19.0 Å². The molecule has 68 valence electrons. The lowest BCUT2D eigenvalue weighted by Crippen LogP contribution is -2.11. The van der Waals surface area contributed by atoms with Gasteiger partial charge in [0.25, 0.3) is 0 Å². The van der Waals surface area contributed by atoms with Gasteiger partial charge in [-0.3, -0.25) is 0 Å². The van der Waals surface area contributed by atoms with Gasteiger partial charge in [-0.1, -0.05) is 0 Å². The summed E-state index contributed by atoms with van der Waals surface area (Å²) in [4.78, 5) is 9.26. The largest absolute Gasteiger partial charge is 0.476 e. The van der Waals surface area contributed by atoms with Crippen LogP contribution in [0.1, 0.15) is 0 Å². The topological polar surface area (TPSA) is 61.0 Å². The number of aromatic nitrogens is 2. The Kier molecular flexibility index (Phi) is 2.37. The van der Waals surface area contributed by atoms with Gasteiger partial charge >= 0.3 is 0 Å². The molecule has 0 unspecified atom stereocenters. The Morgan fingerprint density at radius 2 is 2.38 bits per heavy atom. The fraction of sp³-hybridized carbons (Fsp3) is 0.250. The second-order valence-corrected chi connectivity index (χ2v) is 3.30. The third-order valence-electron chi connectivity index (χ3n) is 1.54. The van der Waals surface area contributed by atoms with Gasteiger partial charge < -0.3 is 10.5 Å². The van der Waals surface area contributed by atoms with Crippen LogP contribution in [-0.2, 0) is 0 Å². The number of fused-ring (bicyclic) bond motifs is 1. The zero-order chi connectivity index (χ0) is 9.10. The Hall–Kier alpha value is -1.20. The molecule has 0 saturated carbocycles. The number of pyridine rings is 1. The Bertz CT molecular complexity index is 401. The lowest BCUT2D eigenvalue weighted by molar-refractivity contribution is 0.317. The summed E-state index contributed by atoms with van der Waals surface area (Å²) in [7, 11) is 0. The Morgan fingerprint density at radius 1 is 1.46 bits per heavy atom. The summed E-state index contributed by atoms with van der Waals surface area (Å²) in [6, 6.07) is 3.70. The van der Waals surface area contributed by atoms with Crippen LogP contribution in [0.25, 0.3) is 10.3 Å². The SMILES string of the molecule is NCCOc1ccc2ncsc2n1. The number of hydrogen-bond acceptors (Lipinski definition) is 5. The van der Waals surface area contributed by atoms with E-state index in [-0.39, 0.29) is 0 Å². The molecular formula is C8H9N3OS. The summed E-state index contributed by atoms with van der Waals surface area (Å²) in [6.07, 6.45) is 0. The number of thiazole rings is 1. The molecular weight excluding hydrogens is 186 g/mol. The smallest absolute Gasteiger partial charge is 0.214 e. The van der Waals surface area contributed by atoms with Crippen molar-refractivity contribution in [3.63, 3.8) is 0 Å². The van der Waals surface area contributed by atoms with Crippen LogP contribution in [0.15, 0.2) is 17.6 Å².